The molecule has 1 aromatic heterocycles. The molecule has 1 saturated heterocycles. The molecule has 11 nitrogen and oxygen atoms in total. The summed E-state index contributed by atoms with van der Waals surface area (Å²) in [6.45, 7) is -0.110. The topological polar surface area (TPSA) is 177 Å². The van der Waals surface area contributed by atoms with Crippen molar-refractivity contribution in [2.24, 2.45) is 5.73 Å². The number of aromatic nitrogens is 2. The van der Waals surface area contributed by atoms with Crippen LogP contribution in [0.1, 0.15) is 11.8 Å². The Morgan fingerprint density at radius 1 is 1.21 bits per heavy atom. The van der Waals surface area contributed by atoms with E-state index in [-0.39, 0.29) is 13.0 Å². The molecule has 156 valence electrons. The molecule has 0 radical (unpaired) electrons. The highest BCUT2D eigenvalue weighted by Gasteiger charge is 2.44. The van der Waals surface area contributed by atoms with Crippen LogP contribution in [0.2, 0.25) is 0 Å². The summed E-state index contributed by atoms with van der Waals surface area (Å²) in [6, 6.07) is 6.67. The minimum absolute atomic E-state index is 0.110. The first-order valence-corrected chi connectivity index (χ1v) is 8.79. The number of nitrogens with zero attached hydrogens (tertiary/aromatic N) is 1. The Morgan fingerprint density at radius 3 is 2.52 bits per heavy atom. The molecule has 0 amide bonds. The minimum atomic E-state index is -1.40. The van der Waals surface area contributed by atoms with E-state index in [0.717, 1.165) is 16.2 Å². The monoisotopic (exact) mass is 407 g/mol. The van der Waals surface area contributed by atoms with E-state index < -0.39 is 47.8 Å². The predicted octanol–water partition coefficient (Wildman–Crippen LogP) is -1.81. The summed E-state index contributed by atoms with van der Waals surface area (Å²) < 4.78 is 12.1. The van der Waals surface area contributed by atoms with Gasteiger partial charge in [0.05, 0.1) is 0 Å². The maximum absolute atomic E-state index is 11.9. The first-order chi connectivity index (χ1) is 13.8. The van der Waals surface area contributed by atoms with Crippen molar-refractivity contribution in [3.05, 3.63) is 62.9 Å². The molecule has 0 bridgehead atoms. The van der Waals surface area contributed by atoms with Gasteiger partial charge in [0.25, 0.3) is 5.56 Å². The van der Waals surface area contributed by atoms with Crippen LogP contribution in [0.5, 0.6) is 5.75 Å². The van der Waals surface area contributed by atoms with Crippen LogP contribution in [0.4, 0.5) is 0 Å². The second-order valence-electron chi connectivity index (χ2n) is 6.67. The van der Waals surface area contributed by atoms with Gasteiger partial charge in [-0.25, -0.2) is 4.79 Å². The summed E-state index contributed by atoms with van der Waals surface area (Å²) in [5, 5.41) is 29.2. The highest BCUT2D eigenvalue weighted by atomic mass is 16.6. The van der Waals surface area contributed by atoms with Gasteiger partial charge in [-0.2, -0.15) is 0 Å². The molecule has 1 aliphatic heterocycles. The summed E-state index contributed by atoms with van der Waals surface area (Å²) >= 11 is 0. The molecule has 11 heteroatoms. The van der Waals surface area contributed by atoms with Gasteiger partial charge < -0.3 is 30.5 Å². The lowest BCUT2D eigenvalue weighted by Gasteiger charge is -2.17. The fraction of sp³-hybridized carbons (Fsp3) is 0.389. The lowest BCUT2D eigenvalue weighted by Crippen LogP contribution is -2.37. The number of aromatic amines is 1. The smallest absolute Gasteiger partial charge is 0.330 e. The summed E-state index contributed by atoms with van der Waals surface area (Å²) in [7, 11) is 0. The summed E-state index contributed by atoms with van der Waals surface area (Å²) in [5.41, 5.74) is 4.85. The van der Waals surface area contributed by atoms with E-state index in [9.17, 15) is 24.6 Å². The van der Waals surface area contributed by atoms with Crippen LogP contribution in [0.15, 0.2) is 46.1 Å². The van der Waals surface area contributed by atoms with Gasteiger partial charge in [-0.05, 0) is 24.1 Å². The standard InChI is InChI=1S/C18H21N3O8/c19-11(17(25)26)7-9-1-3-10(4-2-9)28-8-12-14(23)15(24)16(29-12)21-6-5-13(22)20-18(21)27/h1-6,11-12,14-16,23-24H,7-8,19H2,(H,25,26)(H,20,22,27)/t11-,12+,14+,15+,16+/m0/s1. The molecule has 1 aliphatic rings. The predicted molar refractivity (Wildman–Crippen MR) is 98.5 cm³/mol. The van der Waals surface area contributed by atoms with Crippen LogP contribution < -0.4 is 21.7 Å². The SMILES string of the molecule is N[C@@H](Cc1ccc(OC[C@H]2O[C@@H](n3ccc(=O)[nH]c3=O)[C@H](O)[C@@H]2O)cc1)C(=O)O. The molecule has 0 spiro atoms. The first-order valence-electron chi connectivity index (χ1n) is 8.79. The fourth-order valence-corrected chi connectivity index (χ4v) is 2.97. The average Bonchev–Trinajstić information content (AvgIpc) is 2.96. The summed E-state index contributed by atoms with van der Waals surface area (Å²) in [4.78, 5) is 35.9. The van der Waals surface area contributed by atoms with Crippen molar-refractivity contribution in [3.8, 4) is 5.75 Å². The largest absolute Gasteiger partial charge is 0.491 e. The fourth-order valence-electron chi connectivity index (χ4n) is 2.97. The van der Waals surface area contributed by atoms with Crippen LogP contribution in [0, 0.1) is 0 Å². The number of nitrogens with one attached hydrogen (secondary N) is 1. The number of hydrogen-bond donors (Lipinski definition) is 5. The molecule has 0 unspecified atom stereocenters. The number of rotatable bonds is 7. The Labute approximate surface area is 163 Å². The van der Waals surface area contributed by atoms with Crippen LogP contribution in [0.3, 0.4) is 0 Å². The number of hydrogen-bond acceptors (Lipinski definition) is 8. The van der Waals surface area contributed by atoms with E-state index >= 15 is 0 Å². The van der Waals surface area contributed by atoms with E-state index in [4.69, 9.17) is 20.3 Å². The van der Waals surface area contributed by atoms with E-state index in [1.54, 1.807) is 24.3 Å². The number of aliphatic hydroxyl groups excluding tert-OH is 2. The van der Waals surface area contributed by atoms with Crippen molar-refractivity contribution < 1.29 is 29.6 Å². The van der Waals surface area contributed by atoms with Crippen LogP contribution in [-0.2, 0) is 16.0 Å². The molecule has 1 fully saturated rings. The number of aliphatic carboxylic acids is 1. The third-order valence-corrected chi connectivity index (χ3v) is 4.57. The first kappa shape index (κ1) is 20.7. The Hall–Kier alpha value is -2.99. The average molecular weight is 407 g/mol. The molecular formula is C18H21N3O8. The van der Waals surface area contributed by atoms with Crippen LogP contribution >= 0.6 is 0 Å². The molecule has 5 atom stereocenters. The number of carbonyl (C=O) groups is 1. The van der Waals surface area contributed by atoms with Crippen molar-refractivity contribution in [2.45, 2.75) is 37.0 Å². The van der Waals surface area contributed by atoms with Gasteiger partial charge in [0.1, 0.15) is 36.7 Å². The number of aliphatic hydroxyl groups is 2. The van der Waals surface area contributed by atoms with Gasteiger partial charge in [0.2, 0.25) is 0 Å². The normalized spacial score (nSPS) is 24.9. The number of benzene rings is 1. The molecule has 1 aromatic carbocycles. The van der Waals surface area contributed by atoms with Gasteiger partial charge in [-0.15, -0.1) is 0 Å². The van der Waals surface area contributed by atoms with E-state index in [1.165, 1.54) is 6.20 Å². The zero-order valence-electron chi connectivity index (χ0n) is 15.2. The van der Waals surface area contributed by atoms with Gasteiger partial charge in [-0.3, -0.25) is 19.1 Å². The number of ether oxygens (including phenoxy) is 2. The van der Waals surface area contributed by atoms with Crippen molar-refractivity contribution in [1.82, 2.24) is 9.55 Å². The van der Waals surface area contributed by atoms with Crippen LogP contribution in [-0.4, -0.2) is 61.8 Å². The number of carboxylic acid groups (broad SMARTS) is 1. The molecule has 2 aromatic rings. The number of carboxylic acids is 1. The van der Waals surface area contributed by atoms with Gasteiger partial charge in [0, 0.05) is 12.3 Å². The zero-order valence-corrected chi connectivity index (χ0v) is 15.2. The van der Waals surface area contributed by atoms with E-state index in [0.29, 0.717) is 5.75 Å². The Kier molecular flexibility index (Phi) is 6.13. The number of H-pyrrole nitrogens is 1. The Morgan fingerprint density at radius 2 is 1.90 bits per heavy atom. The maximum Gasteiger partial charge on any atom is 0.330 e. The molecule has 3 rings (SSSR count). The van der Waals surface area contributed by atoms with E-state index in [1.807, 2.05) is 0 Å². The second kappa shape index (κ2) is 8.57. The molecule has 29 heavy (non-hydrogen) atoms. The molecule has 6 N–H and O–H groups in total. The minimum Gasteiger partial charge on any atom is -0.491 e. The van der Waals surface area contributed by atoms with Gasteiger partial charge in [0.15, 0.2) is 6.23 Å². The Bertz CT molecular complexity index is 970. The highest BCUT2D eigenvalue weighted by Crippen LogP contribution is 2.28. The third-order valence-electron chi connectivity index (χ3n) is 4.57. The third kappa shape index (κ3) is 4.71. The molecule has 0 aliphatic carbocycles. The summed E-state index contributed by atoms with van der Waals surface area (Å²) in [5.74, 6) is -0.653. The maximum atomic E-state index is 11.9. The second-order valence-corrected chi connectivity index (χ2v) is 6.67. The van der Waals surface area contributed by atoms with Crippen molar-refractivity contribution in [1.29, 1.82) is 0 Å². The highest BCUT2D eigenvalue weighted by molar-refractivity contribution is 5.73. The lowest BCUT2D eigenvalue weighted by molar-refractivity contribution is -0.138. The van der Waals surface area contributed by atoms with Gasteiger partial charge in [-0.1, -0.05) is 12.1 Å². The molecule has 0 saturated carbocycles. The number of nitrogens with two attached hydrogens (primary N) is 1. The lowest BCUT2D eigenvalue weighted by atomic mass is 10.1. The molecule has 2 heterocycles. The summed E-state index contributed by atoms with van der Waals surface area (Å²) in [6.07, 6.45) is -3.47. The van der Waals surface area contributed by atoms with Crippen molar-refractivity contribution in [3.63, 3.8) is 0 Å². The molecular weight excluding hydrogens is 386 g/mol. The quantitative estimate of drug-likeness (QED) is 0.354. The Balaban J connectivity index is 1.61. The zero-order chi connectivity index (χ0) is 21.1. The van der Waals surface area contributed by atoms with Crippen molar-refractivity contribution in [2.75, 3.05) is 6.61 Å². The van der Waals surface area contributed by atoms with E-state index in [2.05, 4.69) is 4.98 Å². The van der Waals surface area contributed by atoms with Crippen molar-refractivity contribution >= 4 is 5.97 Å². The van der Waals surface area contributed by atoms with Gasteiger partial charge >= 0.3 is 11.7 Å². The van der Waals surface area contributed by atoms with Crippen LogP contribution in [0.25, 0.3) is 0 Å².